The molecule has 0 unspecified atom stereocenters. The Balaban J connectivity index is 1.86. The number of rotatable bonds is 3. The molecule has 1 N–H and O–H groups in total. The number of nitrogens with zero attached hydrogens (tertiary/aromatic N) is 2. The molecule has 110 valence electrons. The van der Waals surface area contributed by atoms with E-state index in [0.29, 0.717) is 11.4 Å². The molecule has 22 heavy (non-hydrogen) atoms. The number of aryl methyl sites for hydroxylation is 1. The molecular formula is C17H14FN3O. The maximum Gasteiger partial charge on any atom is 0.273 e. The van der Waals surface area contributed by atoms with Gasteiger partial charge in [-0.15, -0.1) is 0 Å². The Bertz CT molecular complexity index is 795. The number of benzene rings is 2. The van der Waals surface area contributed by atoms with Crippen molar-refractivity contribution in [2.75, 3.05) is 5.32 Å². The van der Waals surface area contributed by atoms with Crippen molar-refractivity contribution in [3.63, 3.8) is 0 Å². The van der Waals surface area contributed by atoms with Crippen LogP contribution in [0, 0.1) is 5.82 Å². The van der Waals surface area contributed by atoms with E-state index < -0.39 is 0 Å². The second kappa shape index (κ2) is 5.81. The predicted molar refractivity (Wildman–Crippen MR) is 83.0 cm³/mol. The number of anilines is 1. The van der Waals surface area contributed by atoms with E-state index in [0.717, 1.165) is 11.3 Å². The van der Waals surface area contributed by atoms with E-state index in [9.17, 15) is 9.18 Å². The highest BCUT2D eigenvalue weighted by Crippen LogP contribution is 2.20. The summed E-state index contributed by atoms with van der Waals surface area (Å²) in [6.07, 6.45) is 0. The van der Waals surface area contributed by atoms with Gasteiger partial charge in [-0.05, 0) is 42.5 Å². The second-order valence-electron chi connectivity index (χ2n) is 4.87. The summed E-state index contributed by atoms with van der Waals surface area (Å²) < 4.78 is 14.5. The van der Waals surface area contributed by atoms with E-state index >= 15 is 0 Å². The molecular weight excluding hydrogens is 281 g/mol. The van der Waals surface area contributed by atoms with Gasteiger partial charge < -0.3 is 5.32 Å². The Labute approximate surface area is 127 Å². The molecule has 0 fully saturated rings. The van der Waals surface area contributed by atoms with Gasteiger partial charge in [0.2, 0.25) is 0 Å². The quantitative estimate of drug-likeness (QED) is 0.804. The van der Waals surface area contributed by atoms with Crippen molar-refractivity contribution >= 4 is 11.6 Å². The number of halogens is 1. The lowest BCUT2D eigenvalue weighted by Crippen LogP contribution is -2.15. The highest BCUT2D eigenvalue weighted by molar-refractivity contribution is 6.03. The number of carbonyl (C=O) groups is 1. The third-order valence-corrected chi connectivity index (χ3v) is 3.28. The summed E-state index contributed by atoms with van der Waals surface area (Å²) in [5.41, 5.74) is 2.54. The SMILES string of the molecule is Cn1nc(-c2ccc(F)cc2)cc1C(=O)Nc1ccccc1. The van der Waals surface area contributed by atoms with Crippen molar-refractivity contribution in [1.82, 2.24) is 9.78 Å². The Morgan fingerprint density at radius 3 is 2.45 bits per heavy atom. The van der Waals surface area contributed by atoms with Crippen LogP contribution in [0.15, 0.2) is 60.7 Å². The lowest BCUT2D eigenvalue weighted by molar-refractivity contribution is 0.101. The third-order valence-electron chi connectivity index (χ3n) is 3.28. The van der Waals surface area contributed by atoms with Gasteiger partial charge in [0.05, 0.1) is 5.69 Å². The summed E-state index contributed by atoms with van der Waals surface area (Å²) in [4.78, 5) is 12.3. The normalized spacial score (nSPS) is 10.5. The van der Waals surface area contributed by atoms with Gasteiger partial charge in [-0.1, -0.05) is 18.2 Å². The summed E-state index contributed by atoms with van der Waals surface area (Å²) in [6, 6.07) is 16.9. The number of hydrogen-bond acceptors (Lipinski definition) is 2. The molecule has 0 aliphatic heterocycles. The van der Waals surface area contributed by atoms with E-state index in [1.165, 1.54) is 16.8 Å². The van der Waals surface area contributed by atoms with Crippen LogP contribution < -0.4 is 5.32 Å². The molecule has 0 radical (unpaired) electrons. The molecule has 0 bridgehead atoms. The molecule has 0 aliphatic rings. The summed E-state index contributed by atoms with van der Waals surface area (Å²) >= 11 is 0. The lowest BCUT2D eigenvalue weighted by atomic mass is 10.1. The minimum atomic E-state index is -0.304. The number of carbonyl (C=O) groups excluding carboxylic acids is 1. The molecule has 1 aromatic heterocycles. The van der Waals surface area contributed by atoms with E-state index in [4.69, 9.17) is 0 Å². The zero-order valence-corrected chi connectivity index (χ0v) is 12.0. The first-order valence-corrected chi connectivity index (χ1v) is 6.80. The van der Waals surface area contributed by atoms with Crippen molar-refractivity contribution in [2.45, 2.75) is 0 Å². The highest BCUT2D eigenvalue weighted by Gasteiger charge is 2.14. The van der Waals surface area contributed by atoms with Crippen LogP contribution in [-0.4, -0.2) is 15.7 Å². The van der Waals surface area contributed by atoms with Crippen molar-refractivity contribution in [2.24, 2.45) is 7.05 Å². The largest absolute Gasteiger partial charge is 0.321 e. The fraction of sp³-hybridized carbons (Fsp3) is 0.0588. The molecule has 0 saturated heterocycles. The molecule has 4 nitrogen and oxygen atoms in total. The molecule has 0 atom stereocenters. The van der Waals surface area contributed by atoms with Crippen LogP contribution in [0.5, 0.6) is 0 Å². The van der Waals surface area contributed by atoms with E-state index in [1.807, 2.05) is 30.3 Å². The van der Waals surface area contributed by atoms with Crippen molar-refractivity contribution in [3.05, 3.63) is 72.2 Å². The number of aromatic nitrogens is 2. The van der Waals surface area contributed by atoms with Crippen LogP contribution in [0.4, 0.5) is 10.1 Å². The number of hydrogen-bond donors (Lipinski definition) is 1. The Kier molecular flexibility index (Phi) is 3.70. The number of para-hydroxylation sites is 1. The highest BCUT2D eigenvalue weighted by atomic mass is 19.1. The zero-order valence-electron chi connectivity index (χ0n) is 12.0. The van der Waals surface area contributed by atoms with Gasteiger partial charge in [0, 0.05) is 18.3 Å². The van der Waals surface area contributed by atoms with Gasteiger partial charge in [0.15, 0.2) is 0 Å². The van der Waals surface area contributed by atoms with Gasteiger partial charge in [-0.2, -0.15) is 5.10 Å². The third kappa shape index (κ3) is 2.88. The minimum Gasteiger partial charge on any atom is -0.321 e. The lowest BCUT2D eigenvalue weighted by Gasteiger charge is -2.04. The van der Waals surface area contributed by atoms with Gasteiger partial charge >= 0.3 is 0 Å². The molecule has 1 heterocycles. The average molecular weight is 295 g/mol. The molecule has 3 aromatic rings. The monoisotopic (exact) mass is 295 g/mol. The summed E-state index contributed by atoms with van der Waals surface area (Å²) in [5, 5.41) is 7.12. The van der Waals surface area contributed by atoms with Crippen LogP contribution in [0.1, 0.15) is 10.5 Å². The topological polar surface area (TPSA) is 46.9 Å². The molecule has 5 heteroatoms. The number of nitrogens with one attached hydrogen (secondary N) is 1. The first kappa shape index (κ1) is 14.0. The molecule has 0 spiro atoms. The predicted octanol–water partition coefficient (Wildman–Crippen LogP) is 3.48. The first-order valence-electron chi connectivity index (χ1n) is 6.80. The van der Waals surface area contributed by atoms with Crippen molar-refractivity contribution in [1.29, 1.82) is 0 Å². The molecule has 3 rings (SSSR count). The average Bonchev–Trinajstić information content (AvgIpc) is 2.91. The first-order chi connectivity index (χ1) is 10.6. The van der Waals surface area contributed by atoms with Crippen molar-refractivity contribution in [3.8, 4) is 11.3 Å². The fourth-order valence-electron chi connectivity index (χ4n) is 2.16. The zero-order chi connectivity index (χ0) is 15.5. The maximum atomic E-state index is 13.0. The summed E-state index contributed by atoms with van der Waals surface area (Å²) in [5.74, 6) is -0.545. The van der Waals surface area contributed by atoms with Crippen molar-refractivity contribution < 1.29 is 9.18 Å². The van der Waals surface area contributed by atoms with Crippen LogP contribution in [0.3, 0.4) is 0 Å². The van der Waals surface area contributed by atoms with Crippen LogP contribution in [0.2, 0.25) is 0 Å². The molecule has 2 aromatic carbocycles. The van der Waals surface area contributed by atoms with Crippen LogP contribution in [-0.2, 0) is 7.05 Å². The minimum absolute atomic E-state index is 0.241. The van der Waals surface area contributed by atoms with Gasteiger partial charge in [0.1, 0.15) is 11.5 Å². The Hall–Kier alpha value is -2.95. The number of amides is 1. The smallest absolute Gasteiger partial charge is 0.273 e. The molecule has 0 aliphatic carbocycles. The van der Waals surface area contributed by atoms with Gasteiger partial charge in [-0.25, -0.2) is 4.39 Å². The standard InChI is InChI=1S/C17H14FN3O/c1-21-16(17(22)19-14-5-3-2-4-6-14)11-15(20-21)12-7-9-13(18)10-8-12/h2-11H,1H3,(H,19,22). The summed E-state index contributed by atoms with van der Waals surface area (Å²) in [6.45, 7) is 0. The summed E-state index contributed by atoms with van der Waals surface area (Å²) in [7, 11) is 1.70. The molecule has 1 amide bonds. The van der Waals surface area contributed by atoms with Crippen LogP contribution in [0.25, 0.3) is 11.3 Å². The van der Waals surface area contributed by atoms with E-state index in [-0.39, 0.29) is 11.7 Å². The maximum absolute atomic E-state index is 13.0. The van der Waals surface area contributed by atoms with E-state index in [1.54, 1.807) is 25.2 Å². The Morgan fingerprint density at radius 2 is 1.77 bits per heavy atom. The molecule has 0 saturated carbocycles. The fourth-order valence-corrected chi connectivity index (χ4v) is 2.16. The second-order valence-corrected chi connectivity index (χ2v) is 4.87. The van der Waals surface area contributed by atoms with Gasteiger partial charge in [0.25, 0.3) is 5.91 Å². The van der Waals surface area contributed by atoms with E-state index in [2.05, 4.69) is 10.4 Å². The van der Waals surface area contributed by atoms with Gasteiger partial charge in [-0.3, -0.25) is 9.48 Å². The van der Waals surface area contributed by atoms with Crippen LogP contribution >= 0.6 is 0 Å². The Morgan fingerprint density at radius 1 is 1.09 bits per heavy atom.